The van der Waals surface area contributed by atoms with E-state index in [1.54, 1.807) is 18.2 Å². The van der Waals surface area contributed by atoms with E-state index in [-0.39, 0.29) is 0 Å². The highest BCUT2D eigenvalue weighted by atomic mass is 19.4. The van der Waals surface area contributed by atoms with Crippen LogP contribution in [0.15, 0.2) is 42.6 Å². The Labute approximate surface area is 112 Å². The highest BCUT2D eigenvalue weighted by Crippen LogP contribution is 2.32. The van der Waals surface area contributed by atoms with Crippen molar-refractivity contribution in [3.63, 3.8) is 0 Å². The maximum Gasteiger partial charge on any atom is 0.416 e. The zero-order chi connectivity index (χ0) is 14.3. The molecule has 0 amide bonds. The fourth-order valence-corrected chi connectivity index (χ4v) is 2.01. The minimum Gasteiger partial charge on any atom is -0.397 e. The van der Waals surface area contributed by atoms with Gasteiger partial charge in [-0.1, -0.05) is 0 Å². The monoisotopic (exact) mass is 277 g/mol. The number of hydrogen-bond acceptors (Lipinski definition) is 2. The molecule has 0 saturated heterocycles. The second-order valence-corrected chi connectivity index (χ2v) is 4.46. The lowest BCUT2D eigenvalue weighted by Gasteiger charge is -2.05. The number of hydrogen-bond donors (Lipinski definition) is 2. The van der Waals surface area contributed by atoms with Crippen molar-refractivity contribution >= 4 is 16.6 Å². The van der Waals surface area contributed by atoms with Crippen LogP contribution in [0.25, 0.3) is 22.3 Å². The van der Waals surface area contributed by atoms with Gasteiger partial charge in [0.15, 0.2) is 0 Å². The fourth-order valence-electron chi connectivity index (χ4n) is 2.01. The number of nitrogen functional groups attached to an aromatic ring is 1. The van der Waals surface area contributed by atoms with Crippen molar-refractivity contribution in [2.75, 3.05) is 5.73 Å². The predicted octanol–water partition coefficient (Wildman–Crippen LogP) is 3.83. The van der Waals surface area contributed by atoms with Crippen LogP contribution in [0.2, 0.25) is 0 Å². The summed E-state index contributed by atoms with van der Waals surface area (Å²) in [5, 5.41) is 0.494. The van der Waals surface area contributed by atoms with E-state index in [0.29, 0.717) is 28.0 Å². The number of aromatic nitrogens is 2. The van der Waals surface area contributed by atoms with Gasteiger partial charge in [-0.3, -0.25) is 4.98 Å². The lowest BCUT2D eigenvalue weighted by molar-refractivity contribution is -0.137. The fraction of sp³-hybridized carbons (Fsp3) is 0.0714. The summed E-state index contributed by atoms with van der Waals surface area (Å²) in [6.07, 6.45) is -2.84. The molecular weight excluding hydrogens is 267 g/mol. The molecule has 2 aromatic heterocycles. The molecule has 0 saturated carbocycles. The highest BCUT2D eigenvalue weighted by Gasteiger charge is 2.30. The Morgan fingerprint density at radius 1 is 1.05 bits per heavy atom. The number of alkyl halides is 3. The van der Waals surface area contributed by atoms with Crippen molar-refractivity contribution in [2.45, 2.75) is 6.18 Å². The number of rotatable bonds is 1. The maximum absolute atomic E-state index is 12.7. The lowest BCUT2D eigenvalue weighted by atomic mass is 10.1. The minimum atomic E-state index is -4.34. The van der Waals surface area contributed by atoms with E-state index in [0.717, 1.165) is 12.1 Å². The molecule has 0 aliphatic heterocycles. The molecule has 0 aliphatic carbocycles. The number of nitrogens with zero attached hydrogens (tertiary/aromatic N) is 1. The van der Waals surface area contributed by atoms with Crippen molar-refractivity contribution in [2.24, 2.45) is 0 Å². The largest absolute Gasteiger partial charge is 0.416 e. The first-order chi connectivity index (χ1) is 9.43. The topological polar surface area (TPSA) is 54.7 Å². The van der Waals surface area contributed by atoms with Gasteiger partial charge in [-0.15, -0.1) is 0 Å². The molecule has 1 aromatic carbocycles. The van der Waals surface area contributed by atoms with Gasteiger partial charge in [0.05, 0.1) is 28.8 Å². The number of H-pyrrole nitrogens is 1. The van der Waals surface area contributed by atoms with Gasteiger partial charge in [0.2, 0.25) is 0 Å². The van der Waals surface area contributed by atoms with Crippen molar-refractivity contribution in [3.8, 4) is 11.4 Å². The van der Waals surface area contributed by atoms with Crippen LogP contribution in [-0.4, -0.2) is 9.97 Å². The zero-order valence-electron chi connectivity index (χ0n) is 10.2. The summed E-state index contributed by atoms with van der Waals surface area (Å²) < 4.78 is 38.0. The summed E-state index contributed by atoms with van der Waals surface area (Å²) in [6, 6.07) is 8.63. The standard InChI is InChI=1S/C14H10F3N3/c15-14(16,17)9-1-3-11-8(5-9)6-13(20-11)12-4-2-10(18)7-19-12/h1-7,20H,18H2. The Bertz CT molecular complexity index is 757. The molecule has 3 N–H and O–H groups in total. The van der Waals surface area contributed by atoms with Crippen LogP contribution in [0.4, 0.5) is 18.9 Å². The first-order valence-electron chi connectivity index (χ1n) is 5.85. The van der Waals surface area contributed by atoms with Crippen LogP contribution in [0, 0.1) is 0 Å². The summed E-state index contributed by atoms with van der Waals surface area (Å²) in [5.74, 6) is 0. The van der Waals surface area contributed by atoms with E-state index in [4.69, 9.17) is 5.73 Å². The summed E-state index contributed by atoms with van der Waals surface area (Å²) in [5.41, 5.74) is 7.33. The van der Waals surface area contributed by atoms with Gasteiger partial charge >= 0.3 is 6.18 Å². The quantitative estimate of drug-likeness (QED) is 0.710. The summed E-state index contributed by atoms with van der Waals surface area (Å²) in [6.45, 7) is 0. The number of pyridine rings is 1. The Hall–Kier alpha value is -2.50. The Balaban J connectivity index is 2.09. The molecule has 102 valence electrons. The average molecular weight is 277 g/mol. The van der Waals surface area contributed by atoms with Crippen molar-refractivity contribution in [1.29, 1.82) is 0 Å². The Morgan fingerprint density at radius 3 is 2.50 bits per heavy atom. The molecule has 2 heterocycles. The first kappa shape index (κ1) is 12.5. The van der Waals surface area contributed by atoms with Gasteiger partial charge in [-0.05, 0) is 36.4 Å². The lowest BCUT2D eigenvalue weighted by Crippen LogP contribution is -2.03. The third-order valence-electron chi connectivity index (χ3n) is 3.01. The predicted molar refractivity (Wildman–Crippen MR) is 70.9 cm³/mol. The smallest absolute Gasteiger partial charge is 0.397 e. The number of nitrogens with one attached hydrogen (secondary N) is 1. The van der Waals surface area contributed by atoms with Crippen molar-refractivity contribution in [3.05, 3.63) is 48.2 Å². The molecule has 6 heteroatoms. The summed E-state index contributed by atoms with van der Waals surface area (Å²) >= 11 is 0. The first-order valence-corrected chi connectivity index (χ1v) is 5.85. The van der Waals surface area contributed by atoms with Gasteiger partial charge < -0.3 is 10.7 Å². The van der Waals surface area contributed by atoms with Gasteiger partial charge in [0, 0.05) is 10.9 Å². The number of halogens is 3. The Morgan fingerprint density at radius 2 is 1.85 bits per heavy atom. The third-order valence-corrected chi connectivity index (χ3v) is 3.01. The van der Waals surface area contributed by atoms with E-state index in [9.17, 15) is 13.2 Å². The molecule has 0 fully saturated rings. The van der Waals surface area contributed by atoms with Crippen LogP contribution < -0.4 is 5.73 Å². The number of fused-ring (bicyclic) bond motifs is 1. The molecule has 0 spiro atoms. The summed E-state index contributed by atoms with van der Waals surface area (Å²) in [7, 11) is 0. The normalized spacial score (nSPS) is 11.9. The van der Waals surface area contributed by atoms with Gasteiger partial charge in [-0.2, -0.15) is 13.2 Å². The number of benzene rings is 1. The Kier molecular flexibility index (Phi) is 2.67. The van der Waals surface area contributed by atoms with Crippen LogP contribution in [0.1, 0.15) is 5.56 Å². The third kappa shape index (κ3) is 2.20. The molecule has 3 aromatic rings. The number of aromatic amines is 1. The van der Waals surface area contributed by atoms with E-state index >= 15 is 0 Å². The molecule has 0 unspecified atom stereocenters. The molecule has 0 atom stereocenters. The van der Waals surface area contributed by atoms with Crippen molar-refractivity contribution < 1.29 is 13.2 Å². The second kappa shape index (κ2) is 4.26. The average Bonchev–Trinajstić information content (AvgIpc) is 2.81. The van der Waals surface area contributed by atoms with Gasteiger partial charge in [0.1, 0.15) is 0 Å². The molecule has 0 bridgehead atoms. The zero-order valence-corrected chi connectivity index (χ0v) is 10.2. The van der Waals surface area contributed by atoms with Crippen LogP contribution in [0.3, 0.4) is 0 Å². The van der Waals surface area contributed by atoms with E-state index in [2.05, 4.69) is 9.97 Å². The van der Waals surface area contributed by atoms with Crippen LogP contribution >= 0.6 is 0 Å². The van der Waals surface area contributed by atoms with E-state index < -0.39 is 11.7 Å². The minimum absolute atomic E-state index is 0.494. The highest BCUT2D eigenvalue weighted by molar-refractivity contribution is 5.86. The van der Waals surface area contributed by atoms with Gasteiger partial charge in [0.25, 0.3) is 0 Å². The number of nitrogens with two attached hydrogens (primary N) is 1. The molecule has 20 heavy (non-hydrogen) atoms. The molecular formula is C14H10F3N3. The molecule has 0 radical (unpaired) electrons. The van der Waals surface area contributed by atoms with Crippen LogP contribution in [-0.2, 0) is 6.18 Å². The van der Waals surface area contributed by atoms with E-state index in [1.807, 2.05) is 0 Å². The molecule has 3 rings (SSSR count). The van der Waals surface area contributed by atoms with Crippen molar-refractivity contribution in [1.82, 2.24) is 9.97 Å². The molecule has 3 nitrogen and oxygen atoms in total. The number of anilines is 1. The van der Waals surface area contributed by atoms with Gasteiger partial charge in [-0.25, -0.2) is 0 Å². The maximum atomic E-state index is 12.7. The summed E-state index contributed by atoms with van der Waals surface area (Å²) in [4.78, 5) is 7.18. The van der Waals surface area contributed by atoms with E-state index in [1.165, 1.54) is 12.3 Å². The second-order valence-electron chi connectivity index (χ2n) is 4.46. The van der Waals surface area contributed by atoms with Crippen LogP contribution in [0.5, 0.6) is 0 Å². The SMILES string of the molecule is Nc1ccc(-c2cc3cc(C(F)(F)F)ccc3[nH]2)nc1. The molecule has 0 aliphatic rings.